The topological polar surface area (TPSA) is 136 Å². The fourth-order valence-corrected chi connectivity index (χ4v) is 4.39. The first-order chi connectivity index (χ1) is 16.3. The van der Waals surface area contributed by atoms with Crippen molar-refractivity contribution in [1.29, 1.82) is 0 Å². The summed E-state index contributed by atoms with van der Waals surface area (Å²) in [7, 11) is -2.69. The molecule has 2 aromatic heterocycles. The molecule has 0 fully saturated rings. The molecule has 10 nitrogen and oxygen atoms in total. The molecule has 2 heterocycles. The Kier molecular flexibility index (Phi) is 6.52. The lowest BCUT2D eigenvalue weighted by Gasteiger charge is -2.10. The van der Waals surface area contributed by atoms with Gasteiger partial charge in [-0.3, -0.25) is 9.78 Å². The van der Waals surface area contributed by atoms with Gasteiger partial charge in [0.1, 0.15) is 34.3 Å². The molecule has 0 saturated heterocycles. The highest BCUT2D eigenvalue weighted by Crippen LogP contribution is 2.27. The van der Waals surface area contributed by atoms with Crippen LogP contribution in [0.4, 0.5) is 10.3 Å². The van der Waals surface area contributed by atoms with E-state index in [1.54, 1.807) is 24.3 Å². The molecule has 0 aliphatic carbocycles. The highest BCUT2D eigenvalue weighted by atomic mass is 35.5. The molecule has 0 radical (unpaired) electrons. The van der Waals surface area contributed by atoms with Crippen LogP contribution in [0, 0.1) is 0 Å². The van der Waals surface area contributed by atoms with E-state index >= 15 is 0 Å². The average Bonchev–Trinajstić information content (AvgIpc) is 2.83. The number of nitrogens with zero attached hydrogens (tertiary/aromatic N) is 4. The normalized spacial score (nSPS) is 11.3. The first-order valence-electron chi connectivity index (χ1n) is 9.67. The van der Waals surface area contributed by atoms with E-state index in [4.69, 9.17) is 16.3 Å². The van der Waals surface area contributed by atoms with Gasteiger partial charge in [0.15, 0.2) is 0 Å². The molecule has 4 aromatic rings. The molecule has 0 aliphatic heterocycles. The molecule has 174 valence electrons. The molecule has 0 aliphatic rings. The number of alkyl halides is 1. The largest absolute Gasteiger partial charge is 0.457 e. The van der Waals surface area contributed by atoms with Crippen LogP contribution in [-0.4, -0.2) is 41.5 Å². The predicted molar refractivity (Wildman–Crippen MR) is 122 cm³/mol. The van der Waals surface area contributed by atoms with Gasteiger partial charge in [-0.15, -0.1) is 10.2 Å². The van der Waals surface area contributed by atoms with Crippen LogP contribution in [0.5, 0.6) is 11.5 Å². The Morgan fingerprint density at radius 2 is 1.85 bits per heavy atom. The average molecular weight is 503 g/mol. The molecule has 0 spiro atoms. The van der Waals surface area contributed by atoms with Gasteiger partial charge < -0.3 is 10.1 Å². The van der Waals surface area contributed by atoms with E-state index in [-0.39, 0.29) is 33.0 Å². The van der Waals surface area contributed by atoms with E-state index in [2.05, 4.69) is 30.2 Å². The number of sulfonamides is 1. The number of nitrogens with one attached hydrogen (secondary N) is 2. The highest BCUT2D eigenvalue weighted by Gasteiger charge is 2.20. The number of halogens is 2. The van der Waals surface area contributed by atoms with Crippen LogP contribution >= 0.6 is 11.6 Å². The number of carbonyl (C=O) groups excluding carboxylic acids is 1. The van der Waals surface area contributed by atoms with E-state index in [0.717, 1.165) is 6.07 Å². The summed E-state index contributed by atoms with van der Waals surface area (Å²) in [6, 6.07) is 11.6. The molecule has 0 saturated carbocycles. The zero-order chi connectivity index (χ0) is 24.3. The van der Waals surface area contributed by atoms with Crippen molar-refractivity contribution in [3.05, 3.63) is 71.0 Å². The third-order valence-corrected chi connectivity index (χ3v) is 6.33. The summed E-state index contributed by atoms with van der Waals surface area (Å²) in [5, 5.41) is 10.2. The summed E-state index contributed by atoms with van der Waals surface area (Å²) in [4.78, 5) is 19.6. The van der Waals surface area contributed by atoms with Gasteiger partial charge in [0, 0.05) is 25.4 Å². The zero-order valence-electron chi connectivity index (χ0n) is 17.5. The van der Waals surface area contributed by atoms with Crippen LogP contribution in [-0.2, 0) is 16.7 Å². The van der Waals surface area contributed by atoms with Crippen molar-refractivity contribution in [2.24, 2.45) is 0 Å². The predicted octanol–water partition coefficient (Wildman–Crippen LogP) is 3.50. The number of aromatic nitrogens is 4. The van der Waals surface area contributed by atoms with Crippen LogP contribution in [0.1, 0.15) is 16.1 Å². The van der Waals surface area contributed by atoms with Crippen molar-refractivity contribution in [1.82, 2.24) is 25.5 Å². The maximum atomic E-state index is 12.9. The van der Waals surface area contributed by atoms with Crippen molar-refractivity contribution < 1.29 is 22.3 Å². The number of ether oxygens (including phenoxy) is 1. The van der Waals surface area contributed by atoms with Crippen LogP contribution in [0.2, 0.25) is 5.02 Å². The van der Waals surface area contributed by atoms with Crippen molar-refractivity contribution in [3.8, 4) is 11.5 Å². The standard InChI is InChI=1S/C21H16ClFN6O4S/c1-24-20(30)18-10-14(6-7-25-18)33-13-3-5-16-17(9-13)27-28-21(26-16)29-34(31,32)19-8-12(11-23)2-4-15(19)22/h2-10H,11H2,1H3,(H,24,30)(H,26,28,29). The summed E-state index contributed by atoms with van der Waals surface area (Å²) >= 11 is 5.98. The molecule has 0 unspecified atom stereocenters. The van der Waals surface area contributed by atoms with E-state index in [0.29, 0.717) is 22.5 Å². The molecule has 13 heteroatoms. The second-order valence-corrected chi connectivity index (χ2v) is 8.91. The fraction of sp³-hybridized carbons (Fsp3) is 0.0952. The Morgan fingerprint density at radius 3 is 2.62 bits per heavy atom. The van der Waals surface area contributed by atoms with Crippen LogP contribution in [0.15, 0.2) is 59.6 Å². The Balaban J connectivity index is 1.57. The molecule has 2 aromatic carbocycles. The Labute approximate surface area is 198 Å². The smallest absolute Gasteiger partial charge is 0.269 e. The van der Waals surface area contributed by atoms with E-state index in [1.165, 1.54) is 31.4 Å². The number of amides is 1. The Hall–Kier alpha value is -3.90. The number of benzene rings is 2. The molecule has 2 N–H and O–H groups in total. The summed E-state index contributed by atoms with van der Waals surface area (Å²) in [6.45, 7) is -0.843. The van der Waals surface area contributed by atoms with Crippen molar-refractivity contribution in [2.45, 2.75) is 11.6 Å². The zero-order valence-corrected chi connectivity index (χ0v) is 19.1. The van der Waals surface area contributed by atoms with Crippen LogP contribution in [0.3, 0.4) is 0 Å². The molecule has 0 bridgehead atoms. The van der Waals surface area contributed by atoms with Gasteiger partial charge in [-0.25, -0.2) is 22.5 Å². The van der Waals surface area contributed by atoms with Gasteiger partial charge >= 0.3 is 0 Å². The third-order valence-electron chi connectivity index (χ3n) is 4.52. The molecular weight excluding hydrogens is 487 g/mol. The minimum absolute atomic E-state index is 0.0732. The minimum atomic E-state index is -4.18. The number of hydrogen-bond acceptors (Lipinski definition) is 8. The summed E-state index contributed by atoms with van der Waals surface area (Å²) in [5.41, 5.74) is 1.02. The third kappa shape index (κ3) is 5.02. The molecular formula is C21H16ClFN6O4S. The van der Waals surface area contributed by atoms with Crippen LogP contribution in [0.25, 0.3) is 11.0 Å². The van der Waals surface area contributed by atoms with Crippen LogP contribution < -0.4 is 14.8 Å². The summed E-state index contributed by atoms with van der Waals surface area (Å²) < 4.78 is 46.3. The number of hydrogen-bond donors (Lipinski definition) is 2. The highest BCUT2D eigenvalue weighted by molar-refractivity contribution is 7.92. The molecule has 0 atom stereocenters. The van der Waals surface area contributed by atoms with Gasteiger partial charge in [-0.2, -0.15) is 0 Å². The quantitative estimate of drug-likeness (QED) is 0.392. The molecule has 1 amide bonds. The van der Waals surface area contributed by atoms with E-state index < -0.39 is 16.7 Å². The monoisotopic (exact) mass is 502 g/mol. The molecule has 4 rings (SSSR count). The maximum absolute atomic E-state index is 12.9. The van der Waals surface area contributed by atoms with Crippen molar-refractivity contribution in [2.75, 3.05) is 11.8 Å². The van der Waals surface area contributed by atoms with Gasteiger partial charge in [-0.05, 0) is 35.9 Å². The number of anilines is 1. The second kappa shape index (κ2) is 9.53. The van der Waals surface area contributed by atoms with Gasteiger partial charge in [0.05, 0.1) is 10.5 Å². The first kappa shape index (κ1) is 23.3. The number of pyridine rings is 1. The molecule has 34 heavy (non-hydrogen) atoms. The van der Waals surface area contributed by atoms with Gasteiger partial charge in [0.2, 0.25) is 0 Å². The lowest BCUT2D eigenvalue weighted by molar-refractivity contribution is 0.0958. The number of carbonyl (C=O) groups is 1. The number of rotatable bonds is 7. The minimum Gasteiger partial charge on any atom is -0.457 e. The lowest BCUT2D eigenvalue weighted by Crippen LogP contribution is -2.18. The SMILES string of the molecule is CNC(=O)c1cc(Oc2ccc3nc(NS(=O)(=O)c4cc(CF)ccc4Cl)nnc3c2)ccn1. The summed E-state index contributed by atoms with van der Waals surface area (Å²) in [6.07, 6.45) is 1.44. The van der Waals surface area contributed by atoms with Crippen molar-refractivity contribution >= 4 is 44.5 Å². The Morgan fingerprint density at radius 1 is 1.06 bits per heavy atom. The van der Waals surface area contributed by atoms with Gasteiger partial charge in [-0.1, -0.05) is 17.7 Å². The van der Waals surface area contributed by atoms with Gasteiger partial charge in [0.25, 0.3) is 21.9 Å². The van der Waals surface area contributed by atoms with Crippen molar-refractivity contribution in [3.63, 3.8) is 0 Å². The summed E-state index contributed by atoms with van der Waals surface area (Å²) in [5.74, 6) is 0.130. The van der Waals surface area contributed by atoms with E-state index in [9.17, 15) is 17.6 Å². The number of fused-ring (bicyclic) bond motifs is 1. The second-order valence-electron chi connectivity index (χ2n) is 6.85. The lowest BCUT2D eigenvalue weighted by atomic mass is 10.2. The maximum Gasteiger partial charge on any atom is 0.269 e. The first-order valence-corrected chi connectivity index (χ1v) is 11.5. The van der Waals surface area contributed by atoms with E-state index in [1.807, 2.05) is 0 Å². The Bertz CT molecular complexity index is 1500. The fourth-order valence-electron chi connectivity index (χ4n) is 2.90.